The summed E-state index contributed by atoms with van der Waals surface area (Å²) in [6.45, 7) is 5.14. The van der Waals surface area contributed by atoms with Crippen molar-refractivity contribution in [1.29, 1.82) is 0 Å². The van der Waals surface area contributed by atoms with Crippen LogP contribution in [0.2, 0.25) is 0 Å². The summed E-state index contributed by atoms with van der Waals surface area (Å²) in [5.41, 5.74) is 3.41. The van der Waals surface area contributed by atoms with Crippen molar-refractivity contribution >= 4 is 5.65 Å². The van der Waals surface area contributed by atoms with Crippen LogP contribution >= 0.6 is 0 Å². The largest absolute Gasteiger partial charge is 0.307 e. The van der Waals surface area contributed by atoms with Crippen molar-refractivity contribution in [2.24, 2.45) is 0 Å². The predicted octanol–water partition coefficient (Wildman–Crippen LogP) is 2.89. The van der Waals surface area contributed by atoms with Crippen molar-refractivity contribution in [2.45, 2.75) is 45.3 Å². The molecule has 5 heteroatoms. The van der Waals surface area contributed by atoms with Gasteiger partial charge in [0, 0.05) is 31.2 Å². The van der Waals surface area contributed by atoms with Gasteiger partial charge in [0.25, 0.3) is 0 Å². The number of imidazole rings is 1. The molecule has 1 aliphatic heterocycles. The molecule has 0 aliphatic carbocycles. The van der Waals surface area contributed by atoms with Gasteiger partial charge in [-0.1, -0.05) is 12.5 Å². The lowest BCUT2D eigenvalue weighted by Gasteiger charge is -2.35. The van der Waals surface area contributed by atoms with Crippen LogP contribution in [-0.2, 0) is 13.1 Å². The highest BCUT2D eigenvalue weighted by Gasteiger charge is 2.23. The molecule has 0 radical (unpaired) electrons. The molecular weight excluding hydrogens is 286 g/mol. The van der Waals surface area contributed by atoms with Crippen LogP contribution in [0.3, 0.4) is 0 Å². The first kappa shape index (κ1) is 14.5. The Bertz CT molecular complexity index is 754. The van der Waals surface area contributed by atoms with Gasteiger partial charge < -0.3 is 4.40 Å². The van der Waals surface area contributed by atoms with Gasteiger partial charge in [-0.05, 0) is 44.0 Å². The molecule has 23 heavy (non-hydrogen) atoms. The van der Waals surface area contributed by atoms with Crippen molar-refractivity contribution in [3.05, 3.63) is 54.2 Å². The summed E-state index contributed by atoms with van der Waals surface area (Å²) >= 11 is 0. The highest BCUT2D eigenvalue weighted by molar-refractivity contribution is 5.39. The number of aryl methyl sites for hydroxylation is 1. The van der Waals surface area contributed by atoms with Crippen molar-refractivity contribution in [2.75, 3.05) is 6.54 Å². The second-order valence-electron chi connectivity index (χ2n) is 6.56. The summed E-state index contributed by atoms with van der Waals surface area (Å²) in [5, 5.41) is 4.46. The summed E-state index contributed by atoms with van der Waals surface area (Å²) in [5.74, 6) is 0. The Morgan fingerprint density at radius 3 is 3.00 bits per heavy atom. The molecule has 0 spiro atoms. The molecule has 1 aliphatic rings. The van der Waals surface area contributed by atoms with Gasteiger partial charge in [-0.3, -0.25) is 9.58 Å². The SMILES string of the molecule is Cc1cnn(CC2CCCCN2Cc2cn3ccccc3n2)c1. The fourth-order valence-corrected chi connectivity index (χ4v) is 3.53. The smallest absolute Gasteiger partial charge is 0.137 e. The summed E-state index contributed by atoms with van der Waals surface area (Å²) < 4.78 is 4.19. The van der Waals surface area contributed by atoms with Gasteiger partial charge in [0.2, 0.25) is 0 Å². The van der Waals surface area contributed by atoms with Crippen LogP contribution in [0.25, 0.3) is 5.65 Å². The quantitative estimate of drug-likeness (QED) is 0.744. The van der Waals surface area contributed by atoms with Crippen LogP contribution in [-0.4, -0.2) is 36.7 Å². The number of rotatable bonds is 4. The van der Waals surface area contributed by atoms with E-state index < -0.39 is 0 Å². The number of nitrogens with zero attached hydrogens (tertiary/aromatic N) is 5. The zero-order valence-corrected chi connectivity index (χ0v) is 13.6. The molecule has 4 heterocycles. The second-order valence-corrected chi connectivity index (χ2v) is 6.56. The van der Waals surface area contributed by atoms with E-state index in [1.54, 1.807) is 0 Å². The molecule has 0 N–H and O–H groups in total. The average molecular weight is 309 g/mol. The van der Waals surface area contributed by atoms with E-state index >= 15 is 0 Å². The monoisotopic (exact) mass is 309 g/mol. The van der Waals surface area contributed by atoms with E-state index in [2.05, 4.69) is 50.7 Å². The minimum absolute atomic E-state index is 0.549. The molecule has 0 bridgehead atoms. The molecule has 3 aromatic rings. The number of piperidine rings is 1. The van der Waals surface area contributed by atoms with E-state index in [1.165, 1.54) is 24.8 Å². The molecule has 5 nitrogen and oxygen atoms in total. The Hall–Kier alpha value is -2.14. The molecule has 0 amide bonds. The molecule has 120 valence electrons. The maximum absolute atomic E-state index is 4.75. The first-order valence-corrected chi connectivity index (χ1v) is 8.44. The van der Waals surface area contributed by atoms with Gasteiger partial charge in [-0.25, -0.2) is 4.98 Å². The van der Waals surface area contributed by atoms with Crippen LogP contribution in [0.15, 0.2) is 43.0 Å². The maximum Gasteiger partial charge on any atom is 0.137 e. The lowest BCUT2D eigenvalue weighted by atomic mass is 10.0. The van der Waals surface area contributed by atoms with E-state index in [4.69, 9.17) is 4.98 Å². The Morgan fingerprint density at radius 1 is 1.22 bits per heavy atom. The van der Waals surface area contributed by atoms with Crippen LogP contribution in [0, 0.1) is 6.92 Å². The predicted molar refractivity (Wildman–Crippen MR) is 90.2 cm³/mol. The minimum atomic E-state index is 0.549. The van der Waals surface area contributed by atoms with Gasteiger partial charge in [0.05, 0.1) is 18.4 Å². The van der Waals surface area contributed by atoms with Crippen LogP contribution in [0.1, 0.15) is 30.5 Å². The summed E-state index contributed by atoms with van der Waals surface area (Å²) in [4.78, 5) is 7.32. The highest BCUT2D eigenvalue weighted by Crippen LogP contribution is 2.21. The molecule has 4 rings (SSSR count). The van der Waals surface area contributed by atoms with Crippen LogP contribution < -0.4 is 0 Å². The number of pyridine rings is 1. The Kier molecular flexibility index (Phi) is 3.87. The Balaban J connectivity index is 1.50. The molecule has 0 aromatic carbocycles. The summed E-state index contributed by atoms with van der Waals surface area (Å²) in [6.07, 6.45) is 12.1. The summed E-state index contributed by atoms with van der Waals surface area (Å²) in [6, 6.07) is 6.69. The first-order chi connectivity index (χ1) is 11.3. The standard InChI is InChI=1S/C18H23N5/c1-15-10-19-23(11-15)14-17-6-2-4-8-21(17)12-16-13-22-9-5-3-7-18(22)20-16/h3,5,7,9-11,13,17H,2,4,6,8,12,14H2,1H3. The van der Waals surface area contributed by atoms with Crippen molar-refractivity contribution in [1.82, 2.24) is 24.1 Å². The lowest BCUT2D eigenvalue weighted by molar-refractivity contribution is 0.120. The Morgan fingerprint density at radius 2 is 2.17 bits per heavy atom. The molecule has 1 atom stereocenters. The van der Waals surface area contributed by atoms with E-state index in [9.17, 15) is 0 Å². The number of hydrogen-bond acceptors (Lipinski definition) is 3. The second kappa shape index (κ2) is 6.16. The highest BCUT2D eigenvalue weighted by atomic mass is 15.3. The van der Waals surface area contributed by atoms with Crippen molar-refractivity contribution in [3.63, 3.8) is 0 Å². The molecule has 1 saturated heterocycles. The first-order valence-electron chi connectivity index (χ1n) is 8.44. The van der Waals surface area contributed by atoms with Crippen LogP contribution in [0.4, 0.5) is 0 Å². The van der Waals surface area contributed by atoms with E-state index in [0.29, 0.717) is 6.04 Å². The zero-order valence-electron chi connectivity index (χ0n) is 13.6. The zero-order chi connectivity index (χ0) is 15.6. The van der Waals surface area contributed by atoms with Crippen molar-refractivity contribution < 1.29 is 0 Å². The molecule has 0 saturated carbocycles. The number of aromatic nitrogens is 4. The molecular formula is C18H23N5. The third-order valence-electron chi connectivity index (χ3n) is 4.69. The van der Waals surface area contributed by atoms with Gasteiger partial charge in [0.15, 0.2) is 0 Å². The lowest BCUT2D eigenvalue weighted by Crippen LogP contribution is -2.41. The fraction of sp³-hybridized carbons (Fsp3) is 0.444. The van der Waals surface area contributed by atoms with Gasteiger partial charge >= 0.3 is 0 Å². The summed E-state index contributed by atoms with van der Waals surface area (Å²) in [7, 11) is 0. The molecule has 1 fully saturated rings. The average Bonchev–Trinajstić information content (AvgIpc) is 3.14. The van der Waals surface area contributed by atoms with Crippen LogP contribution in [0.5, 0.6) is 0 Å². The normalized spacial score (nSPS) is 19.4. The Labute approximate surface area is 136 Å². The number of fused-ring (bicyclic) bond motifs is 1. The van der Waals surface area contributed by atoms with E-state index in [-0.39, 0.29) is 0 Å². The topological polar surface area (TPSA) is 38.4 Å². The number of hydrogen-bond donors (Lipinski definition) is 0. The van der Waals surface area contributed by atoms with E-state index in [1.807, 2.05) is 18.3 Å². The van der Waals surface area contributed by atoms with Gasteiger partial charge in [-0.15, -0.1) is 0 Å². The van der Waals surface area contributed by atoms with Gasteiger partial charge in [-0.2, -0.15) is 5.10 Å². The maximum atomic E-state index is 4.75. The fourth-order valence-electron chi connectivity index (χ4n) is 3.53. The molecule has 3 aromatic heterocycles. The minimum Gasteiger partial charge on any atom is -0.307 e. The number of likely N-dealkylation sites (tertiary alicyclic amines) is 1. The third kappa shape index (κ3) is 3.15. The van der Waals surface area contributed by atoms with E-state index in [0.717, 1.165) is 31.0 Å². The molecule has 1 unspecified atom stereocenters. The third-order valence-corrected chi connectivity index (χ3v) is 4.69. The van der Waals surface area contributed by atoms with Gasteiger partial charge in [0.1, 0.15) is 5.65 Å². The van der Waals surface area contributed by atoms with Crippen molar-refractivity contribution in [3.8, 4) is 0 Å².